The standard InChI is InChI=1S/C14H21N3O3/c1-9(2)13(18)16-10-4-6-11(7-5-10)17-14(19)12(15)8-20-3/h4-7,9,12H,8,15H2,1-3H3,(H,16,18)(H,17,19). The molecule has 0 aliphatic heterocycles. The van der Waals surface area contributed by atoms with Crippen LogP contribution in [-0.2, 0) is 14.3 Å². The summed E-state index contributed by atoms with van der Waals surface area (Å²) in [6, 6.07) is 6.14. The first-order valence-corrected chi connectivity index (χ1v) is 6.40. The molecule has 6 heteroatoms. The van der Waals surface area contributed by atoms with E-state index in [0.29, 0.717) is 11.4 Å². The summed E-state index contributed by atoms with van der Waals surface area (Å²) in [5, 5.41) is 5.44. The third-order valence-corrected chi connectivity index (χ3v) is 2.63. The number of rotatable bonds is 6. The molecule has 0 spiro atoms. The summed E-state index contributed by atoms with van der Waals surface area (Å²) in [6.07, 6.45) is 0. The second-order valence-corrected chi connectivity index (χ2v) is 4.77. The molecule has 0 heterocycles. The van der Waals surface area contributed by atoms with E-state index >= 15 is 0 Å². The summed E-state index contributed by atoms with van der Waals surface area (Å²) in [6.45, 7) is 3.80. The van der Waals surface area contributed by atoms with Gasteiger partial charge < -0.3 is 21.1 Å². The van der Waals surface area contributed by atoms with Crippen molar-refractivity contribution in [2.24, 2.45) is 11.7 Å². The van der Waals surface area contributed by atoms with Crippen LogP contribution in [0, 0.1) is 5.92 Å². The zero-order valence-electron chi connectivity index (χ0n) is 12.0. The molecule has 0 radical (unpaired) electrons. The van der Waals surface area contributed by atoms with Crippen molar-refractivity contribution in [1.82, 2.24) is 0 Å². The molecule has 0 bridgehead atoms. The minimum atomic E-state index is -0.708. The molecule has 1 aromatic carbocycles. The minimum absolute atomic E-state index is 0.0519. The fourth-order valence-corrected chi connectivity index (χ4v) is 1.41. The summed E-state index contributed by atoms with van der Waals surface area (Å²) in [5.74, 6) is -0.448. The van der Waals surface area contributed by atoms with Crippen molar-refractivity contribution in [2.45, 2.75) is 19.9 Å². The lowest BCUT2D eigenvalue weighted by Gasteiger charge is -2.12. The molecule has 0 saturated carbocycles. The van der Waals surface area contributed by atoms with E-state index in [9.17, 15) is 9.59 Å². The topological polar surface area (TPSA) is 93.4 Å². The van der Waals surface area contributed by atoms with Crippen molar-refractivity contribution in [2.75, 3.05) is 24.4 Å². The van der Waals surface area contributed by atoms with E-state index in [1.807, 2.05) is 13.8 Å². The van der Waals surface area contributed by atoms with E-state index in [4.69, 9.17) is 10.5 Å². The molecule has 2 amide bonds. The lowest BCUT2D eigenvalue weighted by molar-refractivity contribution is -0.119. The summed E-state index contributed by atoms with van der Waals surface area (Å²) in [7, 11) is 1.49. The number of methoxy groups -OCH3 is 1. The van der Waals surface area contributed by atoms with Crippen LogP contribution in [0.4, 0.5) is 11.4 Å². The highest BCUT2D eigenvalue weighted by molar-refractivity contribution is 5.95. The molecule has 1 rings (SSSR count). The van der Waals surface area contributed by atoms with Gasteiger partial charge in [0.15, 0.2) is 0 Å². The number of benzene rings is 1. The van der Waals surface area contributed by atoms with Crippen LogP contribution in [0.1, 0.15) is 13.8 Å². The summed E-state index contributed by atoms with van der Waals surface area (Å²) < 4.78 is 4.81. The van der Waals surface area contributed by atoms with Crippen LogP contribution in [0.3, 0.4) is 0 Å². The van der Waals surface area contributed by atoms with Crippen molar-refractivity contribution in [3.8, 4) is 0 Å². The molecule has 0 aliphatic carbocycles. The number of nitrogens with two attached hydrogens (primary N) is 1. The Morgan fingerprint density at radius 3 is 1.95 bits per heavy atom. The predicted octanol–water partition coefficient (Wildman–Crippen LogP) is 1.19. The lowest BCUT2D eigenvalue weighted by Crippen LogP contribution is -2.39. The molecule has 1 unspecified atom stereocenters. The molecular formula is C14H21N3O3. The summed E-state index contributed by atoms with van der Waals surface area (Å²) in [4.78, 5) is 23.2. The van der Waals surface area contributed by atoms with Gasteiger partial charge in [-0.3, -0.25) is 9.59 Å². The van der Waals surface area contributed by atoms with Crippen molar-refractivity contribution < 1.29 is 14.3 Å². The second-order valence-electron chi connectivity index (χ2n) is 4.77. The number of nitrogens with one attached hydrogen (secondary N) is 2. The molecular weight excluding hydrogens is 258 g/mol. The molecule has 0 aliphatic rings. The maximum Gasteiger partial charge on any atom is 0.243 e. The maximum atomic E-state index is 11.7. The zero-order chi connectivity index (χ0) is 15.1. The predicted molar refractivity (Wildman–Crippen MR) is 78.4 cm³/mol. The Balaban J connectivity index is 2.58. The van der Waals surface area contributed by atoms with E-state index < -0.39 is 6.04 Å². The van der Waals surface area contributed by atoms with E-state index in [1.165, 1.54) is 7.11 Å². The van der Waals surface area contributed by atoms with Crippen LogP contribution < -0.4 is 16.4 Å². The zero-order valence-corrected chi connectivity index (χ0v) is 12.0. The van der Waals surface area contributed by atoms with Crippen LogP contribution in [0.15, 0.2) is 24.3 Å². The van der Waals surface area contributed by atoms with Crippen molar-refractivity contribution in [1.29, 1.82) is 0 Å². The van der Waals surface area contributed by atoms with Crippen molar-refractivity contribution >= 4 is 23.2 Å². The quantitative estimate of drug-likeness (QED) is 0.729. The van der Waals surface area contributed by atoms with Gasteiger partial charge in [0, 0.05) is 24.4 Å². The Morgan fingerprint density at radius 1 is 1.10 bits per heavy atom. The molecule has 110 valence electrons. The van der Waals surface area contributed by atoms with Crippen LogP contribution in [0.5, 0.6) is 0 Å². The van der Waals surface area contributed by atoms with Gasteiger partial charge in [-0.1, -0.05) is 13.8 Å². The monoisotopic (exact) mass is 279 g/mol. The average molecular weight is 279 g/mol. The Kier molecular flexibility index (Phi) is 6.14. The van der Waals surface area contributed by atoms with Crippen LogP contribution in [-0.4, -0.2) is 31.6 Å². The fourth-order valence-electron chi connectivity index (χ4n) is 1.41. The fraction of sp³-hybridized carbons (Fsp3) is 0.429. The molecule has 6 nitrogen and oxygen atoms in total. The second kappa shape index (κ2) is 7.62. The normalized spacial score (nSPS) is 12.1. The highest BCUT2D eigenvalue weighted by atomic mass is 16.5. The Bertz CT molecular complexity index is 457. The number of hydrogen-bond acceptors (Lipinski definition) is 4. The number of carbonyl (C=O) groups is 2. The molecule has 4 N–H and O–H groups in total. The molecule has 0 aromatic heterocycles. The Hall–Kier alpha value is -1.92. The van der Waals surface area contributed by atoms with Gasteiger partial charge in [0.2, 0.25) is 11.8 Å². The number of amides is 2. The number of hydrogen-bond donors (Lipinski definition) is 3. The van der Waals surface area contributed by atoms with Crippen molar-refractivity contribution in [3.05, 3.63) is 24.3 Å². The number of ether oxygens (including phenoxy) is 1. The first kappa shape index (κ1) is 16.1. The van der Waals surface area contributed by atoms with Crippen LogP contribution >= 0.6 is 0 Å². The minimum Gasteiger partial charge on any atom is -0.383 e. The molecule has 0 saturated heterocycles. The summed E-state index contributed by atoms with van der Waals surface area (Å²) in [5.41, 5.74) is 6.91. The molecule has 1 atom stereocenters. The number of anilines is 2. The van der Waals surface area contributed by atoms with Gasteiger partial charge in [0.25, 0.3) is 0 Å². The highest BCUT2D eigenvalue weighted by Gasteiger charge is 2.13. The van der Waals surface area contributed by atoms with E-state index in [1.54, 1.807) is 24.3 Å². The maximum absolute atomic E-state index is 11.7. The SMILES string of the molecule is COCC(N)C(=O)Nc1ccc(NC(=O)C(C)C)cc1. The first-order chi connectivity index (χ1) is 9.43. The largest absolute Gasteiger partial charge is 0.383 e. The van der Waals surface area contributed by atoms with Gasteiger partial charge in [-0.15, -0.1) is 0 Å². The van der Waals surface area contributed by atoms with Crippen LogP contribution in [0.25, 0.3) is 0 Å². The third kappa shape index (κ3) is 4.99. The third-order valence-electron chi connectivity index (χ3n) is 2.63. The van der Waals surface area contributed by atoms with E-state index in [2.05, 4.69) is 10.6 Å². The Labute approximate surface area is 118 Å². The van der Waals surface area contributed by atoms with Gasteiger partial charge in [-0.2, -0.15) is 0 Å². The summed E-state index contributed by atoms with van der Waals surface area (Å²) >= 11 is 0. The smallest absolute Gasteiger partial charge is 0.243 e. The van der Waals surface area contributed by atoms with Crippen LogP contribution in [0.2, 0.25) is 0 Å². The van der Waals surface area contributed by atoms with Crippen molar-refractivity contribution in [3.63, 3.8) is 0 Å². The lowest BCUT2D eigenvalue weighted by atomic mass is 10.2. The van der Waals surface area contributed by atoms with Gasteiger partial charge in [-0.25, -0.2) is 0 Å². The first-order valence-electron chi connectivity index (χ1n) is 6.40. The molecule has 1 aromatic rings. The highest BCUT2D eigenvalue weighted by Crippen LogP contribution is 2.14. The molecule has 20 heavy (non-hydrogen) atoms. The van der Waals surface area contributed by atoms with Gasteiger partial charge in [0.1, 0.15) is 6.04 Å². The Morgan fingerprint density at radius 2 is 1.55 bits per heavy atom. The van der Waals surface area contributed by atoms with E-state index in [0.717, 1.165) is 0 Å². The van der Waals surface area contributed by atoms with Gasteiger partial charge >= 0.3 is 0 Å². The van der Waals surface area contributed by atoms with Gasteiger partial charge in [0.05, 0.1) is 6.61 Å². The average Bonchev–Trinajstić information content (AvgIpc) is 2.41. The van der Waals surface area contributed by atoms with Gasteiger partial charge in [-0.05, 0) is 24.3 Å². The molecule has 0 fully saturated rings. The number of carbonyl (C=O) groups excluding carboxylic acids is 2. The van der Waals surface area contributed by atoms with E-state index in [-0.39, 0.29) is 24.3 Å².